The minimum Gasteiger partial charge on any atom is -0.270 e. The third kappa shape index (κ3) is 1.86. The fraction of sp³-hybridized carbons (Fsp3) is 0.0625. The molecule has 3 rings (SSSR count). The number of imide groups is 1. The average molecular weight is 262 g/mol. The van der Waals surface area contributed by atoms with Gasteiger partial charge in [0.1, 0.15) is 0 Å². The highest BCUT2D eigenvalue weighted by molar-refractivity contribution is 6.21. The summed E-state index contributed by atoms with van der Waals surface area (Å²) < 4.78 is 0. The van der Waals surface area contributed by atoms with Crippen molar-refractivity contribution < 1.29 is 9.59 Å². The Morgan fingerprint density at radius 2 is 1.45 bits per heavy atom. The van der Waals surface area contributed by atoms with Gasteiger partial charge in [0.05, 0.1) is 29.3 Å². The molecule has 20 heavy (non-hydrogen) atoms. The van der Waals surface area contributed by atoms with Crippen molar-refractivity contribution in [1.29, 1.82) is 5.26 Å². The normalized spacial score (nSPS) is 13.2. The van der Waals surface area contributed by atoms with Crippen LogP contribution < -0.4 is 0 Å². The monoisotopic (exact) mass is 262 g/mol. The van der Waals surface area contributed by atoms with Gasteiger partial charge in [-0.1, -0.05) is 24.3 Å². The molecule has 0 saturated carbocycles. The van der Waals surface area contributed by atoms with Gasteiger partial charge in [-0.2, -0.15) is 5.26 Å². The highest BCUT2D eigenvalue weighted by Gasteiger charge is 2.34. The van der Waals surface area contributed by atoms with Gasteiger partial charge in [-0.3, -0.25) is 14.5 Å². The molecule has 2 aromatic rings. The Balaban J connectivity index is 1.88. The van der Waals surface area contributed by atoms with Crippen molar-refractivity contribution in [2.75, 3.05) is 0 Å². The maximum Gasteiger partial charge on any atom is 0.261 e. The van der Waals surface area contributed by atoms with Crippen molar-refractivity contribution >= 4 is 11.8 Å². The first-order chi connectivity index (χ1) is 9.70. The van der Waals surface area contributed by atoms with Crippen LogP contribution in [-0.4, -0.2) is 16.7 Å². The summed E-state index contributed by atoms with van der Waals surface area (Å²) in [6.45, 7) is 0.220. The van der Waals surface area contributed by atoms with Crippen LogP contribution in [0.1, 0.15) is 31.8 Å². The summed E-state index contributed by atoms with van der Waals surface area (Å²) in [7, 11) is 0. The molecular formula is C16H10N2O2. The van der Waals surface area contributed by atoms with Gasteiger partial charge in [-0.15, -0.1) is 0 Å². The highest BCUT2D eigenvalue weighted by Crippen LogP contribution is 2.24. The van der Waals surface area contributed by atoms with Crippen LogP contribution >= 0.6 is 0 Å². The molecule has 96 valence electrons. The quantitative estimate of drug-likeness (QED) is 0.780. The molecule has 0 spiro atoms. The molecule has 0 unspecified atom stereocenters. The van der Waals surface area contributed by atoms with Crippen LogP contribution in [0.25, 0.3) is 0 Å². The van der Waals surface area contributed by atoms with Crippen LogP contribution in [-0.2, 0) is 6.54 Å². The van der Waals surface area contributed by atoms with E-state index in [1.807, 2.05) is 6.07 Å². The summed E-state index contributed by atoms with van der Waals surface area (Å²) in [5.74, 6) is -0.537. The molecule has 0 aromatic heterocycles. The lowest BCUT2D eigenvalue weighted by Gasteiger charge is -2.13. The fourth-order valence-electron chi connectivity index (χ4n) is 2.25. The molecule has 0 bridgehead atoms. The average Bonchev–Trinajstić information content (AvgIpc) is 2.74. The van der Waals surface area contributed by atoms with Crippen molar-refractivity contribution in [2.45, 2.75) is 6.54 Å². The number of carbonyl (C=O) groups excluding carboxylic acids is 2. The van der Waals surface area contributed by atoms with E-state index < -0.39 is 0 Å². The van der Waals surface area contributed by atoms with Gasteiger partial charge < -0.3 is 0 Å². The minimum atomic E-state index is -0.269. The zero-order valence-corrected chi connectivity index (χ0v) is 10.5. The molecule has 4 nitrogen and oxygen atoms in total. The van der Waals surface area contributed by atoms with E-state index in [9.17, 15) is 9.59 Å². The Morgan fingerprint density at radius 3 is 1.95 bits per heavy atom. The molecule has 1 heterocycles. The van der Waals surface area contributed by atoms with Crippen LogP contribution in [0.15, 0.2) is 48.5 Å². The zero-order valence-electron chi connectivity index (χ0n) is 10.5. The molecule has 0 saturated heterocycles. The molecule has 1 aliphatic rings. The van der Waals surface area contributed by atoms with Gasteiger partial charge in [0.2, 0.25) is 0 Å². The first kappa shape index (κ1) is 12.1. The number of nitriles is 1. The van der Waals surface area contributed by atoms with Crippen LogP contribution in [0.3, 0.4) is 0 Å². The van der Waals surface area contributed by atoms with E-state index in [0.717, 1.165) is 5.56 Å². The lowest BCUT2D eigenvalue weighted by molar-refractivity contribution is 0.0642. The zero-order chi connectivity index (χ0) is 14.1. The molecular weight excluding hydrogens is 252 g/mol. The number of fused-ring (bicyclic) bond motifs is 1. The second-order valence-corrected chi connectivity index (χ2v) is 4.55. The topological polar surface area (TPSA) is 61.2 Å². The molecule has 2 aromatic carbocycles. The summed E-state index contributed by atoms with van der Waals surface area (Å²) in [5, 5.41) is 8.75. The molecule has 0 N–H and O–H groups in total. The van der Waals surface area contributed by atoms with Gasteiger partial charge in [0.25, 0.3) is 11.8 Å². The first-order valence-corrected chi connectivity index (χ1v) is 6.15. The highest BCUT2D eigenvalue weighted by atomic mass is 16.2. The van der Waals surface area contributed by atoms with E-state index in [1.54, 1.807) is 48.5 Å². The van der Waals surface area contributed by atoms with Crippen LogP contribution in [0.5, 0.6) is 0 Å². The van der Waals surface area contributed by atoms with E-state index in [0.29, 0.717) is 16.7 Å². The van der Waals surface area contributed by atoms with E-state index in [4.69, 9.17) is 5.26 Å². The molecule has 2 amide bonds. The van der Waals surface area contributed by atoms with Gasteiger partial charge in [0.15, 0.2) is 0 Å². The summed E-state index contributed by atoms with van der Waals surface area (Å²) in [6, 6.07) is 15.7. The van der Waals surface area contributed by atoms with E-state index >= 15 is 0 Å². The number of nitrogens with zero attached hydrogens (tertiary/aromatic N) is 2. The molecule has 4 heteroatoms. The van der Waals surface area contributed by atoms with Crippen molar-refractivity contribution in [3.8, 4) is 6.07 Å². The molecule has 0 fully saturated rings. The minimum absolute atomic E-state index is 0.220. The summed E-state index contributed by atoms with van der Waals surface area (Å²) in [4.78, 5) is 25.6. The van der Waals surface area contributed by atoms with Gasteiger partial charge in [-0.25, -0.2) is 0 Å². The number of benzene rings is 2. The Bertz CT molecular complexity index is 707. The lowest BCUT2D eigenvalue weighted by atomic mass is 10.1. The largest absolute Gasteiger partial charge is 0.270 e. The Kier molecular flexibility index (Phi) is 2.81. The Labute approximate surface area is 115 Å². The maximum atomic E-state index is 12.2. The summed E-state index contributed by atoms with van der Waals surface area (Å²) in [6.07, 6.45) is 0. The van der Waals surface area contributed by atoms with E-state index in [1.165, 1.54) is 4.90 Å². The smallest absolute Gasteiger partial charge is 0.261 e. The number of hydrogen-bond acceptors (Lipinski definition) is 3. The lowest BCUT2D eigenvalue weighted by Crippen LogP contribution is -2.29. The molecule has 0 radical (unpaired) electrons. The number of rotatable bonds is 2. The third-order valence-electron chi connectivity index (χ3n) is 3.30. The second kappa shape index (κ2) is 4.63. The van der Waals surface area contributed by atoms with Crippen molar-refractivity contribution in [3.63, 3.8) is 0 Å². The fourth-order valence-corrected chi connectivity index (χ4v) is 2.25. The number of carbonyl (C=O) groups is 2. The van der Waals surface area contributed by atoms with Crippen molar-refractivity contribution in [3.05, 3.63) is 70.8 Å². The van der Waals surface area contributed by atoms with Gasteiger partial charge in [-0.05, 0) is 29.8 Å². The number of amides is 2. The van der Waals surface area contributed by atoms with Crippen LogP contribution in [0.2, 0.25) is 0 Å². The SMILES string of the molecule is N#Cc1ccc(CN2C(=O)c3ccccc3C2=O)cc1. The predicted molar refractivity (Wildman–Crippen MR) is 71.8 cm³/mol. The maximum absolute atomic E-state index is 12.2. The standard InChI is InChI=1S/C16H10N2O2/c17-9-11-5-7-12(8-6-11)10-18-15(19)13-3-1-2-4-14(13)16(18)20/h1-8H,10H2. The third-order valence-corrected chi connectivity index (χ3v) is 3.30. The molecule has 0 aliphatic carbocycles. The van der Waals surface area contributed by atoms with Crippen LogP contribution in [0.4, 0.5) is 0 Å². The van der Waals surface area contributed by atoms with Crippen LogP contribution in [0, 0.1) is 11.3 Å². The summed E-state index contributed by atoms with van der Waals surface area (Å²) in [5.41, 5.74) is 2.27. The van der Waals surface area contributed by atoms with Gasteiger partial charge >= 0.3 is 0 Å². The van der Waals surface area contributed by atoms with Crippen molar-refractivity contribution in [2.24, 2.45) is 0 Å². The number of hydrogen-bond donors (Lipinski definition) is 0. The molecule has 0 atom stereocenters. The Morgan fingerprint density at radius 1 is 0.900 bits per heavy atom. The van der Waals surface area contributed by atoms with Crippen molar-refractivity contribution in [1.82, 2.24) is 4.90 Å². The van der Waals surface area contributed by atoms with E-state index in [-0.39, 0.29) is 18.4 Å². The van der Waals surface area contributed by atoms with Gasteiger partial charge in [0, 0.05) is 0 Å². The van der Waals surface area contributed by atoms with E-state index in [2.05, 4.69) is 0 Å². The summed E-state index contributed by atoms with van der Waals surface area (Å²) >= 11 is 0. The Hall–Kier alpha value is -2.93. The second-order valence-electron chi connectivity index (χ2n) is 4.55. The predicted octanol–water partition coefficient (Wildman–Crippen LogP) is 2.35. The first-order valence-electron chi connectivity index (χ1n) is 6.15. The molecule has 1 aliphatic heterocycles.